The molecule has 45 heavy (non-hydrogen) atoms. The van der Waals surface area contributed by atoms with Crippen LogP contribution in [-0.2, 0) is 0 Å². The highest BCUT2D eigenvalue weighted by Crippen LogP contribution is 2.40. The number of aryl methyl sites for hydroxylation is 1. The Kier molecular flexibility index (Phi) is 5.64. The molecule has 8 rings (SSSR count). The van der Waals surface area contributed by atoms with Crippen molar-refractivity contribution in [1.29, 1.82) is 0 Å². The van der Waals surface area contributed by atoms with Crippen molar-refractivity contribution in [2.75, 3.05) is 0 Å². The molecule has 0 aliphatic carbocycles. The van der Waals surface area contributed by atoms with Crippen LogP contribution in [0.1, 0.15) is 60.3 Å². The molecule has 0 saturated carbocycles. The minimum Gasteiger partial charge on any atom is -0.455 e. The maximum atomic E-state index is 8.13. The zero-order valence-corrected chi connectivity index (χ0v) is 26.0. The number of hydrogen-bond donors (Lipinski definition) is 1. The molecule has 0 fully saturated rings. The van der Waals surface area contributed by atoms with Crippen molar-refractivity contribution in [2.24, 2.45) is 0 Å². The number of H-pyrrole nitrogens is 1. The standard InChI is InChI=1S/C42H36N2O/c1-25(2)33-22-30(28-14-7-6-8-15-28)23-34(26(3)4)40(33)44-38-20-10-9-19-37(38)43-42(44)32-18-12-17-31-36-21-29-16-11-13-27(5)35(29)24-39(36)45-41(31)32/h6-26H,1-5H3/p+1/i5D3. The fourth-order valence-electron chi connectivity index (χ4n) is 6.87. The summed E-state index contributed by atoms with van der Waals surface area (Å²) in [5.74, 6) is 1.46. The van der Waals surface area contributed by atoms with Crippen molar-refractivity contribution in [2.45, 2.75) is 46.4 Å². The molecule has 0 atom stereocenters. The molecule has 0 aliphatic rings. The SMILES string of the molecule is [2H]C([2H])([2H])c1cccc2cc3c(cc12)oc1c(-c2[nH]c4ccccc4[n+]2-c2c(C(C)C)cc(-c4ccccc4)cc2C(C)C)cccc13. The number of hydrogen-bond acceptors (Lipinski definition) is 1. The van der Waals surface area contributed by atoms with Crippen LogP contribution < -0.4 is 4.57 Å². The zero-order chi connectivity index (χ0) is 33.3. The number of furan rings is 1. The van der Waals surface area contributed by atoms with Gasteiger partial charge >= 0.3 is 0 Å². The molecule has 3 heteroatoms. The third-order valence-corrected chi connectivity index (χ3v) is 9.12. The van der Waals surface area contributed by atoms with E-state index in [-0.39, 0.29) is 11.8 Å². The van der Waals surface area contributed by atoms with Gasteiger partial charge in [0.05, 0.1) is 0 Å². The van der Waals surface area contributed by atoms with Gasteiger partial charge in [0, 0.05) is 26.0 Å². The van der Waals surface area contributed by atoms with Gasteiger partial charge in [0.25, 0.3) is 5.82 Å². The number of imidazole rings is 1. The van der Waals surface area contributed by atoms with Gasteiger partial charge in [-0.3, -0.25) is 0 Å². The predicted molar refractivity (Wildman–Crippen MR) is 188 cm³/mol. The number of fused-ring (bicyclic) bond motifs is 5. The van der Waals surface area contributed by atoms with E-state index in [0.29, 0.717) is 16.5 Å². The van der Waals surface area contributed by atoms with E-state index in [1.807, 2.05) is 18.2 Å². The van der Waals surface area contributed by atoms with Gasteiger partial charge in [-0.2, -0.15) is 4.57 Å². The van der Waals surface area contributed by atoms with Crippen LogP contribution in [0.25, 0.3) is 71.9 Å². The summed E-state index contributed by atoms with van der Waals surface area (Å²) in [5.41, 5.74) is 11.0. The Hall–Kier alpha value is -5.15. The van der Waals surface area contributed by atoms with Crippen molar-refractivity contribution in [1.82, 2.24) is 4.98 Å². The molecular weight excluding hydrogens is 548 g/mol. The summed E-state index contributed by atoms with van der Waals surface area (Å²) >= 11 is 0. The Morgan fingerprint density at radius 3 is 2.16 bits per heavy atom. The Bertz CT molecular complexity index is 2470. The van der Waals surface area contributed by atoms with Gasteiger partial charge in [0.1, 0.15) is 16.8 Å². The fraction of sp³-hybridized carbons (Fsp3) is 0.167. The highest BCUT2D eigenvalue weighted by atomic mass is 16.3. The van der Waals surface area contributed by atoms with E-state index in [0.717, 1.165) is 44.2 Å². The minimum atomic E-state index is -2.22. The third kappa shape index (κ3) is 4.37. The molecule has 8 aromatic rings. The molecule has 2 aromatic heterocycles. The van der Waals surface area contributed by atoms with Crippen molar-refractivity contribution in [3.8, 4) is 28.2 Å². The number of rotatable bonds is 5. The van der Waals surface area contributed by atoms with Gasteiger partial charge in [-0.15, -0.1) is 0 Å². The smallest absolute Gasteiger partial charge is 0.296 e. The average molecular weight is 589 g/mol. The Morgan fingerprint density at radius 1 is 0.667 bits per heavy atom. The molecule has 0 amide bonds. The lowest BCUT2D eigenvalue weighted by Gasteiger charge is -2.20. The monoisotopic (exact) mass is 588 g/mol. The van der Waals surface area contributed by atoms with Crippen LogP contribution in [-0.4, -0.2) is 4.98 Å². The second-order valence-corrected chi connectivity index (χ2v) is 12.7. The molecule has 3 nitrogen and oxygen atoms in total. The Balaban J connectivity index is 1.44. The lowest BCUT2D eigenvalue weighted by Crippen LogP contribution is -2.35. The van der Waals surface area contributed by atoms with E-state index in [4.69, 9.17) is 8.53 Å². The van der Waals surface area contributed by atoms with E-state index >= 15 is 0 Å². The summed E-state index contributed by atoms with van der Waals surface area (Å²) in [4.78, 5) is 3.78. The normalized spacial score (nSPS) is 13.3. The summed E-state index contributed by atoms with van der Waals surface area (Å²) in [5, 5.41) is 3.52. The molecule has 0 unspecified atom stereocenters. The number of nitrogens with zero attached hydrogens (tertiary/aromatic N) is 1. The molecule has 0 saturated heterocycles. The van der Waals surface area contributed by atoms with Crippen molar-refractivity contribution in [3.63, 3.8) is 0 Å². The molecule has 2 heterocycles. The molecule has 0 spiro atoms. The van der Waals surface area contributed by atoms with Crippen molar-refractivity contribution >= 4 is 43.7 Å². The van der Waals surface area contributed by atoms with Crippen LogP contribution in [0, 0.1) is 6.85 Å². The van der Waals surface area contributed by atoms with Crippen molar-refractivity contribution in [3.05, 3.63) is 132 Å². The average Bonchev–Trinajstić information content (AvgIpc) is 3.64. The lowest BCUT2D eigenvalue weighted by molar-refractivity contribution is -0.556. The maximum absolute atomic E-state index is 8.13. The van der Waals surface area contributed by atoms with Gasteiger partial charge in [0.15, 0.2) is 16.6 Å². The highest BCUT2D eigenvalue weighted by molar-refractivity contribution is 6.13. The molecule has 1 N–H and O–H groups in total. The van der Waals surface area contributed by atoms with E-state index < -0.39 is 6.85 Å². The maximum Gasteiger partial charge on any atom is 0.296 e. The number of para-hydroxylation sites is 3. The van der Waals surface area contributed by atoms with E-state index in [1.54, 1.807) is 6.07 Å². The number of aromatic nitrogens is 2. The zero-order valence-electron chi connectivity index (χ0n) is 29.0. The topological polar surface area (TPSA) is 32.8 Å². The van der Waals surface area contributed by atoms with Gasteiger partial charge in [-0.25, -0.2) is 4.98 Å². The van der Waals surface area contributed by atoms with Crippen LogP contribution in [0.15, 0.2) is 120 Å². The van der Waals surface area contributed by atoms with Crippen LogP contribution in [0.3, 0.4) is 0 Å². The summed E-state index contributed by atoms with van der Waals surface area (Å²) in [6, 6.07) is 39.5. The van der Waals surface area contributed by atoms with Gasteiger partial charge in [0.2, 0.25) is 0 Å². The van der Waals surface area contributed by atoms with E-state index in [2.05, 4.69) is 128 Å². The summed E-state index contributed by atoms with van der Waals surface area (Å²) in [7, 11) is 0. The first-order valence-electron chi connectivity index (χ1n) is 17.3. The van der Waals surface area contributed by atoms with E-state index in [9.17, 15) is 0 Å². The lowest BCUT2D eigenvalue weighted by atomic mass is 9.88. The third-order valence-electron chi connectivity index (χ3n) is 9.12. The number of aromatic amines is 1. The van der Waals surface area contributed by atoms with Gasteiger partial charge in [-0.1, -0.05) is 100 Å². The summed E-state index contributed by atoms with van der Waals surface area (Å²) < 4.78 is 33.5. The first-order chi connectivity index (χ1) is 23.1. The second kappa shape index (κ2) is 10.5. The van der Waals surface area contributed by atoms with Gasteiger partial charge in [-0.05, 0) is 88.6 Å². The molecule has 6 aromatic carbocycles. The number of nitrogens with one attached hydrogen (secondary N) is 1. The summed E-state index contributed by atoms with van der Waals surface area (Å²) in [6.45, 7) is 6.85. The molecule has 0 bridgehead atoms. The Labute approximate surface area is 268 Å². The molecular formula is C42H37N2O+. The minimum absolute atomic E-state index is 0.261. The number of benzene rings is 6. The Morgan fingerprint density at radius 2 is 1.40 bits per heavy atom. The second-order valence-electron chi connectivity index (χ2n) is 12.7. The highest BCUT2D eigenvalue weighted by Gasteiger charge is 2.30. The predicted octanol–water partition coefficient (Wildman–Crippen LogP) is 11.4. The molecule has 0 aliphatic heterocycles. The van der Waals surface area contributed by atoms with Crippen LogP contribution in [0.2, 0.25) is 0 Å². The first kappa shape index (κ1) is 24.2. The quantitative estimate of drug-likeness (QED) is 0.199. The van der Waals surface area contributed by atoms with E-state index in [1.165, 1.54) is 27.9 Å². The molecule has 220 valence electrons. The van der Waals surface area contributed by atoms with Crippen LogP contribution >= 0.6 is 0 Å². The first-order valence-corrected chi connectivity index (χ1v) is 15.8. The van der Waals surface area contributed by atoms with Crippen LogP contribution in [0.4, 0.5) is 0 Å². The van der Waals surface area contributed by atoms with Crippen LogP contribution in [0.5, 0.6) is 0 Å². The van der Waals surface area contributed by atoms with Gasteiger partial charge < -0.3 is 4.42 Å². The fourth-order valence-corrected chi connectivity index (χ4v) is 6.87. The summed E-state index contributed by atoms with van der Waals surface area (Å²) in [6.07, 6.45) is 0. The molecule has 0 radical (unpaired) electrons. The van der Waals surface area contributed by atoms with Crippen molar-refractivity contribution < 1.29 is 13.1 Å². The largest absolute Gasteiger partial charge is 0.455 e.